The van der Waals surface area contributed by atoms with Gasteiger partial charge < -0.3 is 10.1 Å². The summed E-state index contributed by atoms with van der Waals surface area (Å²) in [6.07, 6.45) is 1.98. The Morgan fingerprint density at radius 2 is 1.78 bits per heavy atom. The van der Waals surface area contributed by atoms with Crippen molar-refractivity contribution in [3.05, 3.63) is 97.9 Å². The molecule has 6 nitrogen and oxygen atoms in total. The number of amides is 2. The Bertz CT molecular complexity index is 1230. The van der Waals surface area contributed by atoms with E-state index in [1.54, 1.807) is 30.3 Å². The summed E-state index contributed by atoms with van der Waals surface area (Å²) in [5, 5.41) is 8.02. The van der Waals surface area contributed by atoms with Gasteiger partial charge in [-0.25, -0.2) is 5.43 Å². The molecule has 0 aliphatic rings. The van der Waals surface area contributed by atoms with E-state index in [0.717, 1.165) is 15.6 Å². The Morgan fingerprint density at radius 1 is 1.06 bits per heavy atom. The van der Waals surface area contributed by atoms with Gasteiger partial charge in [-0.05, 0) is 82.4 Å². The number of nitrogens with zero attached hydrogens (tertiary/aromatic N) is 1. The molecule has 3 rings (SSSR count). The Balaban J connectivity index is 1.59. The number of ether oxygens (including phenoxy) is 1. The number of hydrazone groups is 1. The van der Waals surface area contributed by atoms with Crippen molar-refractivity contribution in [3.63, 3.8) is 0 Å². The van der Waals surface area contributed by atoms with Crippen molar-refractivity contribution < 1.29 is 14.3 Å². The van der Waals surface area contributed by atoms with Crippen LogP contribution in [0.15, 0.2) is 76.3 Å². The van der Waals surface area contributed by atoms with E-state index in [4.69, 9.17) is 27.9 Å². The minimum absolute atomic E-state index is 0.185. The predicted molar refractivity (Wildman–Crippen MR) is 148 cm³/mol. The maximum Gasteiger partial charge on any atom is 0.262 e. The minimum Gasteiger partial charge on any atom is -0.488 e. The van der Waals surface area contributed by atoms with Crippen LogP contribution in [0.25, 0.3) is 0 Å². The first-order valence-electron chi connectivity index (χ1n) is 11.3. The Morgan fingerprint density at radius 3 is 2.44 bits per heavy atom. The van der Waals surface area contributed by atoms with Crippen LogP contribution >= 0.6 is 39.1 Å². The Labute approximate surface area is 229 Å². The first kappa shape index (κ1) is 27.7. The molecule has 0 saturated heterocycles. The fourth-order valence-electron chi connectivity index (χ4n) is 3.28. The summed E-state index contributed by atoms with van der Waals surface area (Å²) < 4.78 is 6.59. The number of nitrogens with one attached hydrogen (secondary N) is 2. The third-order valence-corrected chi connectivity index (χ3v) is 6.36. The Hall–Kier alpha value is -2.87. The van der Waals surface area contributed by atoms with E-state index in [2.05, 4.69) is 31.8 Å². The highest BCUT2D eigenvalue weighted by Gasteiger charge is 2.22. The van der Waals surface area contributed by atoms with Crippen molar-refractivity contribution in [3.8, 4) is 5.75 Å². The van der Waals surface area contributed by atoms with Gasteiger partial charge in [-0.2, -0.15) is 5.10 Å². The van der Waals surface area contributed by atoms with Gasteiger partial charge >= 0.3 is 0 Å². The highest BCUT2D eigenvalue weighted by Crippen LogP contribution is 2.27. The van der Waals surface area contributed by atoms with Gasteiger partial charge in [0.05, 0.1) is 10.7 Å². The van der Waals surface area contributed by atoms with Crippen LogP contribution < -0.4 is 15.5 Å². The topological polar surface area (TPSA) is 79.8 Å². The van der Waals surface area contributed by atoms with Crippen LogP contribution in [0.3, 0.4) is 0 Å². The third-order valence-electron chi connectivity index (χ3n) is 5.12. The molecule has 0 saturated carbocycles. The van der Waals surface area contributed by atoms with Crippen molar-refractivity contribution in [1.29, 1.82) is 0 Å². The summed E-state index contributed by atoms with van der Waals surface area (Å²) in [4.78, 5) is 25.3. The molecule has 0 bridgehead atoms. The van der Waals surface area contributed by atoms with Gasteiger partial charge in [0.15, 0.2) is 0 Å². The van der Waals surface area contributed by atoms with E-state index in [-0.39, 0.29) is 11.8 Å². The van der Waals surface area contributed by atoms with Crippen molar-refractivity contribution in [2.75, 3.05) is 0 Å². The molecule has 36 heavy (non-hydrogen) atoms. The summed E-state index contributed by atoms with van der Waals surface area (Å²) in [6, 6.07) is 18.7. The summed E-state index contributed by atoms with van der Waals surface area (Å²) in [6.45, 7) is 4.29. The Kier molecular flexibility index (Phi) is 10.3. The molecule has 0 aliphatic carbocycles. The van der Waals surface area contributed by atoms with Crippen LogP contribution in [0.2, 0.25) is 10.0 Å². The van der Waals surface area contributed by atoms with Gasteiger partial charge in [0.25, 0.3) is 11.8 Å². The first-order chi connectivity index (χ1) is 17.2. The van der Waals surface area contributed by atoms with Crippen molar-refractivity contribution in [1.82, 2.24) is 10.7 Å². The molecule has 9 heteroatoms. The minimum atomic E-state index is -0.738. The molecule has 1 atom stereocenters. The molecule has 0 spiro atoms. The summed E-state index contributed by atoms with van der Waals surface area (Å²) in [5.74, 6) is 0.0799. The van der Waals surface area contributed by atoms with Gasteiger partial charge in [0, 0.05) is 21.2 Å². The fraction of sp³-hybridized carbons (Fsp3) is 0.222. The second-order valence-electron chi connectivity index (χ2n) is 8.47. The van der Waals surface area contributed by atoms with E-state index in [9.17, 15) is 9.59 Å². The van der Waals surface area contributed by atoms with Gasteiger partial charge in [0.2, 0.25) is 0 Å². The molecule has 3 aromatic rings. The predicted octanol–water partition coefficient (Wildman–Crippen LogP) is 6.63. The van der Waals surface area contributed by atoms with Crippen LogP contribution in [-0.4, -0.2) is 24.1 Å². The lowest BCUT2D eigenvalue weighted by Crippen LogP contribution is -2.46. The average molecular weight is 591 g/mol. The van der Waals surface area contributed by atoms with E-state index in [0.29, 0.717) is 34.4 Å². The average Bonchev–Trinajstić information content (AvgIpc) is 2.84. The van der Waals surface area contributed by atoms with E-state index < -0.39 is 11.9 Å². The molecular weight excluding hydrogens is 565 g/mol. The molecule has 3 aromatic carbocycles. The lowest BCUT2D eigenvalue weighted by atomic mass is 10.0. The van der Waals surface area contributed by atoms with Gasteiger partial charge in [0.1, 0.15) is 18.4 Å². The molecular formula is C27H26BrCl2N3O3. The summed E-state index contributed by atoms with van der Waals surface area (Å²) >= 11 is 15.6. The highest BCUT2D eigenvalue weighted by molar-refractivity contribution is 9.10. The van der Waals surface area contributed by atoms with Crippen molar-refractivity contribution in [2.45, 2.75) is 32.9 Å². The fourth-order valence-corrected chi connectivity index (χ4v) is 4.11. The number of hydrogen-bond acceptors (Lipinski definition) is 4. The molecule has 1 unspecified atom stereocenters. The smallest absolute Gasteiger partial charge is 0.262 e. The molecule has 2 N–H and O–H groups in total. The van der Waals surface area contributed by atoms with Crippen LogP contribution in [0.4, 0.5) is 0 Å². The van der Waals surface area contributed by atoms with Crippen molar-refractivity contribution in [2.24, 2.45) is 11.0 Å². The number of benzene rings is 3. The summed E-state index contributed by atoms with van der Waals surface area (Å²) in [7, 11) is 0. The van der Waals surface area contributed by atoms with Crippen LogP contribution in [0.5, 0.6) is 5.75 Å². The summed E-state index contributed by atoms with van der Waals surface area (Å²) in [5.41, 5.74) is 4.58. The molecule has 2 amide bonds. The SMILES string of the molecule is CC(C)CC(NC(=O)c1ccc(Cl)cc1)C(=O)N/N=C/c1ccc(OCc2ccccc2Cl)c(Br)c1. The molecule has 188 valence electrons. The monoisotopic (exact) mass is 589 g/mol. The third kappa shape index (κ3) is 8.36. The molecule has 0 fully saturated rings. The number of hydrogen-bond donors (Lipinski definition) is 2. The molecule has 0 heterocycles. The highest BCUT2D eigenvalue weighted by atomic mass is 79.9. The molecule has 0 aliphatic heterocycles. The van der Waals surface area contributed by atoms with E-state index in [1.165, 1.54) is 6.21 Å². The zero-order valence-corrected chi connectivity index (χ0v) is 22.9. The molecule has 0 aromatic heterocycles. The maximum atomic E-state index is 12.8. The van der Waals surface area contributed by atoms with Crippen LogP contribution in [-0.2, 0) is 11.4 Å². The maximum absolute atomic E-state index is 12.8. The zero-order chi connectivity index (χ0) is 26.1. The van der Waals surface area contributed by atoms with Gasteiger partial charge in [-0.3, -0.25) is 9.59 Å². The van der Waals surface area contributed by atoms with Gasteiger partial charge in [-0.1, -0.05) is 55.2 Å². The molecule has 0 radical (unpaired) electrons. The second-order valence-corrected chi connectivity index (χ2v) is 10.2. The standard InChI is InChI=1S/C27H26BrCl2N3O3/c1-17(2)13-24(32-26(34)19-8-10-21(29)11-9-19)27(35)33-31-15-18-7-12-25(22(28)14-18)36-16-20-5-3-4-6-23(20)30/h3-12,14-15,17,24H,13,16H2,1-2H3,(H,32,34)(H,33,35)/b31-15+. The number of carbonyl (C=O) groups is 2. The van der Waals surface area contributed by atoms with Crippen LogP contribution in [0.1, 0.15) is 41.8 Å². The largest absolute Gasteiger partial charge is 0.488 e. The zero-order valence-electron chi connectivity index (χ0n) is 19.8. The van der Waals surface area contributed by atoms with E-state index in [1.807, 2.05) is 50.2 Å². The number of carbonyl (C=O) groups excluding carboxylic acids is 2. The van der Waals surface area contributed by atoms with Crippen molar-refractivity contribution >= 4 is 57.2 Å². The van der Waals surface area contributed by atoms with Crippen LogP contribution in [0, 0.1) is 5.92 Å². The first-order valence-corrected chi connectivity index (χ1v) is 12.8. The van der Waals surface area contributed by atoms with Gasteiger partial charge in [-0.15, -0.1) is 0 Å². The lowest BCUT2D eigenvalue weighted by molar-refractivity contribution is -0.123. The normalized spacial score (nSPS) is 11.9. The second kappa shape index (κ2) is 13.4. The lowest BCUT2D eigenvalue weighted by Gasteiger charge is -2.19. The van der Waals surface area contributed by atoms with E-state index >= 15 is 0 Å². The quantitative estimate of drug-likeness (QED) is 0.205. The number of rotatable bonds is 10. The number of halogens is 3.